The highest BCUT2D eigenvalue weighted by molar-refractivity contribution is 4.90. The van der Waals surface area contributed by atoms with Crippen molar-refractivity contribution in [3.63, 3.8) is 0 Å². The van der Waals surface area contributed by atoms with E-state index >= 15 is 0 Å². The molecule has 0 heterocycles. The Bertz CT molecular complexity index is 171. The summed E-state index contributed by atoms with van der Waals surface area (Å²) in [6, 6.07) is 0. The van der Waals surface area contributed by atoms with Crippen LogP contribution in [0.2, 0.25) is 0 Å². The number of ether oxygens (including phenoxy) is 2. The highest BCUT2D eigenvalue weighted by Crippen LogP contribution is 2.43. The minimum absolute atomic E-state index is 0.382. The largest absolute Gasteiger partial charge is 0.389 e. The molecule has 4 heteroatoms. The van der Waals surface area contributed by atoms with Gasteiger partial charge in [-0.15, -0.1) is 0 Å². The first-order chi connectivity index (χ1) is 7.16. The van der Waals surface area contributed by atoms with Gasteiger partial charge in [-0.2, -0.15) is 0 Å². The highest BCUT2D eigenvalue weighted by Gasteiger charge is 2.36. The zero-order chi connectivity index (χ0) is 11.1. The average molecular weight is 217 g/mol. The lowest BCUT2D eigenvalue weighted by Crippen LogP contribution is -2.33. The molecule has 0 aliphatic heterocycles. The topological polar surface area (TPSA) is 50.7 Å². The molecule has 1 fully saturated rings. The molecule has 1 aliphatic carbocycles. The normalized spacial score (nSPS) is 20.2. The number of hydrogen-bond acceptors (Lipinski definition) is 4. The zero-order valence-electron chi connectivity index (χ0n) is 9.79. The van der Waals surface area contributed by atoms with E-state index in [1.54, 1.807) is 7.11 Å². The van der Waals surface area contributed by atoms with Crippen LogP contribution in [-0.4, -0.2) is 51.2 Å². The number of aliphatic hydroxyl groups is 1. The second kappa shape index (κ2) is 6.43. The van der Waals surface area contributed by atoms with E-state index in [1.165, 1.54) is 12.8 Å². The molecule has 15 heavy (non-hydrogen) atoms. The van der Waals surface area contributed by atoms with Crippen LogP contribution < -0.4 is 5.32 Å². The van der Waals surface area contributed by atoms with Crippen molar-refractivity contribution in [3.8, 4) is 0 Å². The molecule has 2 N–H and O–H groups in total. The fourth-order valence-electron chi connectivity index (χ4n) is 1.35. The average Bonchev–Trinajstić information content (AvgIpc) is 2.92. The first kappa shape index (κ1) is 12.9. The van der Waals surface area contributed by atoms with Gasteiger partial charge >= 0.3 is 0 Å². The van der Waals surface area contributed by atoms with Gasteiger partial charge in [-0.25, -0.2) is 0 Å². The molecule has 4 nitrogen and oxygen atoms in total. The summed E-state index contributed by atoms with van der Waals surface area (Å²) in [7, 11) is 1.64. The summed E-state index contributed by atoms with van der Waals surface area (Å²) in [5.74, 6) is 0. The van der Waals surface area contributed by atoms with Crippen molar-refractivity contribution < 1.29 is 14.6 Å². The molecule has 0 bridgehead atoms. The lowest BCUT2D eigenvalue weighted by atomic mass is 10.1. The van der Waals surface area contributed by atoms with E-state index < -0.39 is 6.10 Å². The quantitative estimate of drug-likeness (QED) is 0.549. The van der Waals surface area contributed by atoms with Crippen LogP contribution in [-0.2, 0) is 9.47 Å². The minimum atomic E-state index is -0.413. The Hall–Kier alpha value is -0.160. The maximum absolute atomic E-state index is 9.54. The molecular weight excluding hydrogens is 194 g/mol. The van der Waals surface area contributed by atoms with Gasteiger partial charge in [0.25, 0.3) is 0 Å². The van der Waals surface area contributed by atoms with Gasteiger partial charge in [0.2, 0.25) is 0 Å². The van der Waals surface area contributed by atoms with Crippen molar-refractivity contribution in [1.82, 2.24) is 5.32 Å². The Balaban J connectivity index is 1.87. The summed E-state index contributed by atoms with van der Waals surface area (Å²) in [5, 5.41) is 12.8. The van der Waals surface area contributed by atoms with E-state index in [9.17, 15) is 5.11 Å². The van der Waals surface area contributed by atoms with Crippen molar-refractivity contribution in [2.75, 3.05) is 40.0 Å². The van der Waals surface area contributed by atoms with Gasteiger partial charge in [-0.3, -0.25) is 0 Å². The molecule has 1 rings (SSSR count). The molecule has 0 aromatic carbocycles. The second-order valence-corrected chi connectivity index (χ2v) is 4.66. The number of aliphatic hydroxyl groups excluding tert-OH is 1. The third-order valence-corrected chi connectivity index (χ3v) is 2.78. The van der Waals surface area contributed by atoms with Crippen LogP contribution in [0.25, 0.3) is 0 Å². The standard InChI is InChI=1S/C11H23NO3/c1-11(3-4-11)9-12-7-10(13)8-15-6-5-14-2/h10,12-13H,3-9H2,1-2H3. The van der Waals surface area contributed by atoms with Crippen LogP contribution in [0.15, 0.2) is 0 Å². The zero-order valence-corrected chi connectivity index (χ0v) is 9.79. The summed E-state index contributed by atoms with van der Waals surface area (Å²) >= 11 is 0. The number of nitrogens with one attached hydrogen (secondary N) is 1. The van der Waals surface area contributed by atoms with Gasteiger partial charge in [0.05, 0.1) is 25.9 Å². The van der Waals surface area contributed by atoms with E-state index in [0.29, 0.717) is 31.8 Å². The molecule has 0 aromatic rings. The van der Waals surface area contributed by atoms with E-state index in [0.717, 1.165) is 6.54 Å². The van der Waals surface area contributed by atoms with Gasteiger partial charge in [0.1, 0.15) is 0 Å². The molecule has 1 saturated carbocycles. The number of methoxy groups -OCH3 is 1. The number of hydrogen-bond donors (Lipinski definition) is 2. The molecule has 90 valence electrons. The maximum Gasteiger partial charge on any atom is 0.0897 e. The monoisotopic (exact) mass is 217 g/mol. The molecule has 1 aliphatic rings. The van der Waals surface area contributed by atoms with Crippen LogP contribution >= 0.6 is 0 Å². The van der Waals surface area contributed by atoms with Gasteiger partial charge in [-0.05, 0) is 18.3 Å². The van der Waals surface area contributed by atoms with E-state index in [-0.39, 0.29) is 0 Å². The Labute approximate surface area is 92.0 Å². The van der Waals surface area contributed by atoms with Crippen molar-refractivity contribution in [2.45, 2.75) is 25.9 Å². The predicted octanol–water partition coefficient (Wildman–Crippen LogP) is 0.400. The lowest BCUT2D eigenvalue weighted by Gasteiger charge is -2.14. The van der Waals surface area contributed by atoms with Gasteiger partial charge in [-0.1, -0.05) is 6.92 Å². The highest BCUT2D eigenvalue weighted by atomic mass is 16.5. The van der Waals surface area contributed by atoms with E-state index in [1.807, 2.05) is 0 Å². The van der Waals surface area contributed by atoms with Crippen LogP contribution in [0.4, 0.5) is 0 Å². The van der Waals surface area contributed by atoms with Crippen molar-refractivity contribution >= 4 is 0 Å². The molecular formula is C11H23NO3. The summed E-state index contributed by atoms with van der Waals surface area (Å²) in [6.45, 7) is 5.39. The van der Waals surface area contributed by atoms with Crippen LogP contribution in [0.1, 0.15) is 19.8 Å². The van der Waals surface area contributed by atoms with E-state index in [2.05, 4.69) is 12.2 Å². The Morgan fingerprint density at radius 1 is 1.40 bits per heavy atom. The summed E-state index contributed by atoms with van der Waals surface area (Å²) in [4.78, 5) is 0. The third-order valence-electron chi connectivity index (χ3n) is 2.78. The molecule has 1 unspecified atom stereocenters. The van der Waals surface area contributed by atoms with Crippen molar-refractivity contribution in [3.05, 3.63) is 0 Å². The lowest BCUT2D eigenvalue weighted by molar-refractivity contribution is 0.0135. The fourth-order valence-corrected chi connectivity index (χ4v) is 1.35. The molecule has 0 spiro atoms. The van der Waals surface area contributed by atoms with Crippen LogP contribution in [0, 0.1) is 5.41 Å². The number of rotatable bonds is 9. The fraction of sp³-hybridized carbons (Fsp3) is 1.00. The van der Waals surface area contributed by atoms with Crippen molar-refractivity contribution in [2.24, 2.45) is 5.41 Å². The van der Waals surface area contributed by atoms with Gasteiger partial charge < -0.3 is 19.9 Å². The SMILES string of the molecule is COCCOCC(O)CNCC1(C)CC1. The third kappa shape index (κ3) is 6.10. The maximum atomic E-state index is 9.54. The smallest absolute Gasteiger partial charge is 0.0897 e. The Morgan fingerprint density at radius 3 is 2.73 bits per heavy atom. The molecule has 0 saturated heterocycles. The van der Waals surface area contributed by atoms with Gasteiger partial charge in [0.15, 0.2) is 0 Å². The summed E-state index contributed by atoms with van der Waals surface area (Å²) in [6.07, 6.45) is 2.20. The molecule has 0 aromatic heterocycles. The Kier molecular flexibility index (Phi) is 5.53. The minimum Gasteiger partial charge on any atom is -0.389 e. The van der Waals surface area contributed by atoms with E-state index in [4.69, 9.17) is 9.47 Å². The summed E-state index contributed by atoms with van der Waals surface area (Å²) < 4.78 is 10.1. The van der Waals surface area contributed by atoms with Gasteiger partial charge in [0, 0.05) is 20.2 Å². The summed E-state index contributed by atoms with van der Waals surface area (Å²) in [5.41, 5.74) is 0.497. The molecule has 0 amide bonds. The second-order valence-electron chi connectivity index (χ2n) is 4.66. The van der Waals surface area contributed by atoms with Crippen molar-refractivity contribution in [1.29, 1.82) is 0 Å². The molecule has 1 atom stereocenters. The Morgan fingerprint density at radius 2 is 2.13 bits per heavy atom. The first-order valence-electron chi connectivity index (χ1n) is 5.62. The first-order valence-corrected chi connectivity index (χ1v) is 5.62. The predicted molar refractivity (Wildman–Crippen MR) is 58.9 cm³/mol. The van der Waals surface area contributed by atoms with Crippen LogP contribution in [0.3, 0.4) is 0 Å². The van der Waals surface area contributed by atoms with Crippen LogP contribution in [0.5, 0.6) is 0 Å². The molecule has 0 radical (unpaired) electrons.